The topological polar surface area (TPSA) is 25.2 Å². The molecule has 0 saturated heterocycles. The molecule has 0 amide bonds. The zero-order valence-electron chi connectivity index (χ0n) is 10.4. The number of hydrogen-bond donors (Lipinski definition) is 1. The third-order valence-electron chi connectivity index (χ3n) is 2.97. The fourth-order valence-electron chi connectivity index (χ4n) is 2.03. The normalized spacial score (nSPS) is 10.3. The van der Waals surface area contributed by atoms with Crippen LogP contribution in [0.4, 0.5) is 5.69 Å². The van der Waals surface area contributed by atoms with Gasteiger partial charge in [-0.2, -0.15) is 0 Å². The molecule has 0 aliphatic heterocycles. The van der Waals surface area contributed by atoms with E-state index in [4.69, 9.17) is 10.8 Å². The van der Waals surface area contributed by atoms with E-state index in [1.54, 1.807) is 0 Å². The summed E-state index contributed by atoms with van der Waals surface area (Å²) in [5.74, 6) is 3.53. The highest BCUT2D eigenvalue weighted by molar-refractivity contribution is 5.77. The van der Waals surface area contributed by atoms with Crippen LogP contribution in [0.25, 0.3) is 11.0 Å². The molecule has 0 radical (unpaired) electrons. The second-order valence-electron chi connectivity index (χ2n) is 4.33. The number of fused-ring (bicyclic) bond motifs is 1. The van der Waals surface area contributed by atoms with Gasteiger partial charge in [0.15, 0.2) is 0 Å². The molecule has 1 aromatic heterocycles. The summed E-state index contributed by atoms with van der Waals surface area (Å²) in [6, 6.07) is 17.8. The van der Waals surface area contributed by atoms with Crippen LogP contribution < -0.4 is 5.32 Å². The monoisotopic (exact) mass is 247 g/mol. The molecule has 3 rings (SSSR count). The SMILES string of the molecule is C#Cc1cccc(NCc2cc3ccccc3o2)c1. The van der Waals surface area contributed by atoms with Crippen LogP contribution in [0.2, 0.25) is 0 Å². The van der Waals surface area contributed by atoms with Crippen molar-refractivity contribution in [1.82, 2.24) is 0 Å². The van der Waals surface area contributed by atoms with Crippen molar-refractivity contribution in [3.8, 4) is 12.3 Å². The van der Waals surface area contributed by atoms with E-state index in [1.807, 2.05) is 54.6 Å². The second kappa shape index (κ2) is 4.91. The maximum Gasteiger partial charge on any atom is 0.134 e. The van der Waals surface area contributed by atoms with Crippen molar-refractivity contribution in [2.24, 2.45) is 0 Å². The molecule has 0 fully saturated rings. The molecule has 19 heavy (non-hydrogen) atoms. The van der Waals surface area contributed by atoms with E-state index in [1.165, 1.54) is 0 Å². The Morgan fingerprint density at radius 1 is 1.05 bits per heavy atom. The molecule has 0 bridgehead atoms. The summed E-state index contributed by atoms with van der Waals surface area (Å²) in [4.78, 5) is 0. The predicted molar refractivity (Wildman–Crippen MR) is 77.9 cm³/mol. The summed E-state index contributed by atoms with van der Waals surface area (Å²) < 4.78 is 5.74. The van der Waals surface area contributed by atoms with Crippen LogP contribution in [0.1, 0.15) is 11.3 Å². The van der Waals surface area contributed by atoms with Crippen molar-refractivity contribution in [3.05, 3.63) is 65.9 Å². The minimum Gasteiger partial charge on any atom is -0.459 e. The zero-order valence-corrected chi connectivity index (χ0v) is 10.4. The average molecular weight is 247 g/mol. The smallest absolute Gasteiger partial charge is 0.134 e. The van der Waals surface area contributed by atoms with Gasteiger partial charge in [-0.15, -0.1) is 6.42 Å². The van der Waals surface area contributed by atoms with E-state index in [9.17, 15) is 0 Å². The minimum atomic E-state index is 0.642. The number of hydrogen-bond acceptors (Lipinski definition) is 2. The number of para-hydroxylation sites is 1. The standard InChI is InChI=1S/C17H13NO/c1-2-13-6-5-8-15(10-13)18-12-16-11-14-7-3-4-9-17(14)19-16/h1,3-11,18H,12H2. The van der Waals surface area contributed by atoms with Gasteiger partial charge in [-0.3, -0.25) is 0 Å². The van der Waals surface area contributed by atoms with Gasteiger partial charge in [0, 0.05) is 16.6 Å². The van der Waals surface area contributed by atoms with Gasteiger partial charge in [0.25, 0.3) is 0 Å². The second-order valence-corrected chi connectivity index (χ2v) is 4.33. The lowest BCUT2D eigenvalue weighted by atomic mass is 10.2. The fourth-order valence-corrected chi connectivity index (χ4v) is 2.03. The highest BCUT2D eigenvalue weighted by Gasteiger charge is 2.02. The largest absolute Gasteiger partial charge is 0.459 e. The molecule has 0 spiro atoms. The molecule has 1 heterocycles. The lowest BCUT2D eigenvalue weighted by molar-refractivity contribution is 0.559. The lowest BCUT2D eigenvalue weighted by Gasteiger charge is -2.04. The first kappa shape index (κ1) is 11.4. The molecule has 0 aliphatic rings. The van der Waals surface area contributed by atoms with Crippen molar-refractivity contribution in [2.45, 2.75) is 6.54 Å². The quantitative estimate of drug-likeness (QED) is 0.707. The highest BCUT2D eigenvalue weighted by Crippen LogP contribution is 2.20. The van der Waals surface area contributed by atoms with Gasteiger partial charge < -0.3 is 9.73 Å². The van der Waals surface area contributed by atoms with Gasteiger partial charge in [-0.25, -0.2) is 0 Å². The minimum absolute atomic E-state index is 0.642. The summed E-state index contributed by atoms with van der Waals surface area (Å²) in [5, 5.41) is 4.43. The Labute approximate surface area is 112 Å². The van der Waals surface area contributed by atoms with Crippen molar-refractivity contribution >= 4 is 16.7 Å². The summed E-state index contributed by atoms with van der Waals surface area (Å²) in [6.07, 6.45) is 5.38. The summed E-state index contributed by atoms with van der Waals surface area (Å²) in [6.45, 7) is 0.642. The van der Waals surface area contributed by atoms with Crippen LogP contribution >= 0.6 is 0 Å². The molecule has 3 aromatic rings. The van der Waals surface area contributed by atoms with Crippen molar-refractivity contribution < 1.29 is 4.42 Å². The van der Waals surface area contributed by atoms with Crippen molar-refractivity contribution in [2.75, 3.05) is 5.32 Å². The van der Waals surface area contributed by atoms with Gasteiger partial charge in [0.2, 0.25) is 0 Å². The van der Waals surface area contributed by atoms with E-state index < -0.39 is 0 Å². The van der Waals surface area contributed by atoms with Gasteiger partial charge >= 0.3 is 0 Å². The third-order valence-corrected chi connectivity index (χ3v) is 2.97. The maximum atomic E-state index is 5.74. The number of terminal acetylenes is 1. The van der Waals surface area contributed by atoms with Gasteiger partial charge in [0.05, 0.1) is 6.54 Å². The van der Waals surface area contributed by atoms with Crippen LogP contribution in [0.15, 0.2) is 59.0 Å². The molecule has 0 atom stereocenters. The third kappa shape index (κ3) is 2.46. The van der Waals surface area contributed by atoms with E-state index >= 15 is 0 Å². The molecule has 2 heteroatoms. The van der Waals surface area contributed by atoms with E-state index in [0.717, 1.165) is 28.0 Å². The summed E-state index contributed by atoms with van der Waals surface area (Å²) in [5.41, 5.74) is 2.78. The van der Waals surface area contributed by atoms with Crippen LogP contribution in [-0.4, -0.2) is 0 Å². The average Bonchev–Trinajstić information content (AvgIpc) is 2.88. The van der Waals surface area contributed by atoms with Crippen LogP contribution in [0, 0.1) is 12.3 Å². The first-order valence-electron chi connectivity index (χ1n) is 6.13. The Kier molecular flexibility index (Phi) is 2.96. The Bertz CT molecular complexity index is 716. The van der Waals surface area contributed by atoms with E-state index in [2.05, 4.69) is 11.2 Å². The Hall–Kier alpha value is -2.66. The van der Waals surface area contributed by atoms with Gasteiger partial charge in [-0.1, -0.05) is 30.2 Å². The van der Waals surface area contributed by atoms with Crippen LogP contribution in [-0.2, 0) is 6.54 Å². The molecule has 92 valence electrons. The summed E-state index contributed by atoms with van der Waals surface area (Å²) >= 11 is 0. The maximum absolute atomic E-state index is 5.74. The molecule has 0 saturated carbocycles. The number of anilines is 1. The highest BCUT2D eigenvalue weighted by atomic mass is 16.3. The first-order valence-corrected chi connectivity index (χ1v) is 6.13. The van der Waals surface area contributed by atoms with Crippen LogP contribution in [0.3, 0.4) is 0 Å². The molecule has 1 N–H and O–H groups in total. The molecule has 2 aromatic carbocycles. The van der Waals surface area contributed by atoms with Gasteiger partial charge in [0.1, 0.15) is 11.3 Å². The molecule has 0 unspecified atom stereocenters. The summed E-state index contributed by atoms with van der Waals surface area (Å²) in [7, 11) is 0. The fraction of sp³-hybridized carbons (Fsp3) is 0.0588. The molecular formula is C17H13NO. The van der Waals surface area contributed by atoms with Gasteiger partial charge in [-0.05, 0) is 30.3 Å². The van der Waals surface area contributed by atoms with Crippen molar-refractivity contribution in [1.29, 1.82) is 0 Å². The predicted octanol–water partition coefficient (Wildman–Crippen LogP) is 4.03. The number of benzene rings is 2. The van der Waals surface area contributed by atoms with Crippen molar-refractivity contribution in [3.63, 3.8) is 0 Å². The zero-order chi connectivity index (χ0) is 13.1. The van der Waals surface area contributed by atoms with Crippen LogP contribution in [0.5, 0.6) is 0 Å². The molecule has 2 nitrogen and oxygen atoms in total. The lowest BCUT2D eigenvalue weighted by Crippen LogP contribution is -1.97. The van der Waals surface area contributed by atoms with E-state index in [-0.39, 0.29) is 0 Å². The first-order chi connectivity index (χ1) is 9.35. The Morgan fingerprint density at radius 3 is 2.79 bits per heavy atom. The number of nitrogens with one attached hydrogen (secondary N) is 1. The molecule has 0 aliphatic carbocycles. The number of furan rings is 1. The number of rotatable bonds is 3. The Morgan fingerprint density at radius 2 is 1.95 bits per heavy atom. The molecular weight excluding hydrogens is 234 g/mol. The Balaban J connectivity index is 1.76. The van der Waals surface area contributed by atoms with E-state index in [0.29, 0.717) is 6.54 Å².